The number of pyridine rings is 1. The number of hydrogen-bond donors (Lipinski definition) is 1. The SMILES string of the molecule is Clc1cc(Cl)cc(-c2cc(NCc3ccccn3)ncn2)c1. The number of aromatic nitrogens is 3. The molecule has 0 atom stereocenters. The fourth-order valence-electron chi connectivity index (χ4n) is 2.00. The first-order valence-corrected chi connectivity index (χ1v) is 7.38. The molecule has 3 aromatic rings. The van der Waals surface area contributed by atoms with Crippen LogP contribution in [-0.4, -0.2) is 15.0 Å². The van der Waals surface area contributed by atoms with Crippen molar-refractivity contribution in [2.24, 2.45) is 0 Å². The molecule has 4 nitrogen and oxygen atoms in total. The maximum absolute atomic E-state index is 6.03. The number of nitrogens with zero attached hydrogens (tertiary/aromatic N) is 3. The van der Waals surface area contributed by atoms with Gasteiger partial charge in [-0.1, -0.05) is 29.3 Å². The smallest absolute Gasteiger partial charge is 0.130 e. The van der Waals surface area contributed by atoms with Crippen molar-refractivity contribution >= 4 is 29.0 Å². The van der Waals surface area contributed by atoms with Crippen LogP contribution >= 0.6 is 23.2 Å². The Morgan fingerprint density at radius 3 is 2.45 bits per heavy atom. The van der Waals surface area contributed by atoms with Gasteiger partial charge < -0.3 is 5.32 Å². The zero-order valence-electron chi connectivity index (χ0n) is 11.5. The molecule has 0 saturated carbocycles. The fraction of sp³-hybridized carbons (Fsp3) is 0.0625. The average Bonchev–Trinajstić information content (AvgIpc) is 2.53. The Balaban J connectivity index is 1.80. The molecule has 0 radical (unpaired) electrons. The monoisotopic (exact) mass is 330 g/mol. The topological polar surface area (TPSA) is 50.7 Å². The molecule has 2 heterocycles. The molecule has 0 saturated heterocycles. The van der Waals surface area contributed by atoms with E-state index in [4.69, 9.17) is 23.2 Å². The third kappa shape index (κ3) is 3.72. The molecule has 0 aliphatic rings. The van der Waals surface area contributed by atoms with Gasteiger partial charge in [-0.25, -0.2) is 9.97 Å². The second-order valence-corrected chi connectivity index (χ2v) is 5.49. The van der Waals surface area contributed by atoms with Gasteiger partial charge in [0.25, 0.3) is 0 Å². The Kier molecular flexibility index (Phi) is 4.51. The lowest BCUT2D eigenvalue weighted by atomic mass is 10.1. The van der Waals surface area contributed by atoms with Gasteiger partial charge in [0.05, 0.1) is 17.9 Å². The zero-order valence-corrected chi connectivity index (χ0v) is 13.0. The number of nitrogens with one attached hydrogen (secondary N) is 1. The van der Waals surface area contributed by atoms with Crippen molar-refractivity contribution in [3.8, 4) is 11.3 Å². The van der Waals surface area contributed by atoms with Crippen LogP contribution in [0.3, 0.4) is 0 Å². The van der Waals surface area contributed by atoms with Gasteiger partial charge in [0.1, 0.15) is 12.1 Å². The lowest BCUT2D eigenvalue weighted by Crippen LogP contribution is -2.03. The van der Waals surface area contributed by atoms with E-state index >= 15 is 0 Å². The minimum Gasteiger partial charge on any atom is -0.364 e. The van der Waals surface area contributed by atoms with Gasteiger partial charge in [-0.3, -0.25) is 4.98 Å². The molecule has 0 aliphatic heterocycles. The summed E-state index contributed by atoms with van der Waals surface area (Å²) in [7, 11) is 0. The molecule has 1 N–H and O–H groups in total. The molecular weight excluding hydrogens is 319 g/mol. The summed E-state index contributed by atoms with van der Waals surface area (Å²) in [5.74, 6) is 0.715. The maximum atomic E-state index is 6.03. The van der Waals surface area contributed by atoms with Gasteiger partial charge in [-0.05, 0) is 30.3 Å². The predicted octanol–water partition coefficient (Wildman–Crippen LogP) is 4.46. The van der Waals surface area contributed by atoms with E-state index in [1.807, 2.05) is 36.4 Å². The molecule has 0 unspecified atom stereocenters. The summed E-state index contributed by atoms with van der Waals surface area (Å²) in [5, 5.41) is 4.37. The van der Waals surface area contributed by atoms with Crippen LogP contribution in [0.15, 0.2) is 55.0 Å². The number of benzene rings is 1. The average molecular weight is 331 g/mol. The Labute approximate surface area is 138 Å². The van der Waals surface area contributed by atoms with Crippen LogP contribution < -0.4 is 5.32 Å². The molecule has 0 aliphatic carbocycles. The van der Waals surface area contributed by atoms with Crippen LogP contribution in [0.1, 0.15) is 5.69 Å². The molecule has 110 valence electrons. The van der Waals surface area contributed by atoms with Gasteiger partial charge in [-0.15, -0.1) is 0 Å². The quantitative estimate of drug-likeness (QED) is 0.767. The summed E-state index contributed by atoms with van der Waals surface area (Å²) in [6, 6.07) is 13.0. The maximum Gasteiger partial charge on any atom is 0.130 e. The molecule has 6 heteroatoms. The van der Waals surface area contributed by atoms with Gasteiger partial charge in [-0.2, -0.15) is 0 Å². The minimum absolute atomic E-state index is 0.573. The Hall–Kier alpha value is -2.17. The summed E-state index contributed by atoms with van der Waals surface area (Å²) >= 11 is 12.1. The van der Waals surface area contributed by atoms with Crippen molar-refractivity contribution in [1.82, 2.24) is 15.0 Å². The second kappa shape index (κ2) is 6.73. The van der Waals surface area contributed by atoms with E-state index in [-0.39, 0.29) is 0 Å². The van der Waals surface area contributed by atoms with E-state index in [1.165, 1.54) is 6.33 Å². The lowest BCUT2D eigenvalue weighted by Gasteiger charge is -2.07. The first-order chi connectivity index (χ1) is 10.7. The normalized spacial score (nSPS) is 10.5. The van der Waals surface area contributed by atoms with Crippen molar-refractivity contribution in [3.63, 3.8) is 0 Å². The first-order valence-electron chi connectivity index (χ1n) is 6.63. The molecule has 0 spiro atoms. The van der Waals surface area contributed by atoms with Crippen molar-refractivity contribution in [3.05, 3.63) is 70.7 Å². The Bertz CT molecular complexity index is 758. The molecule has 0 amide bonds. The number of rotatable bonds is 4. The predicted molar refractivity (Wildman–Crippen MR) is 89.1 cm³/mol. The first kappa shape index (κ1) is 14.8. The summed E-state index contributed by atoms with van der Waals surface area (Å²) < 4.78 is 0. The minimum atomic E-state index is 0.573. The number of halogens is 2. The van der Waals surface area contributed by atoms with Gasteiger partial charge in [0, 0.05) is 27.9 Å². The highest BCUT2D eigenvalue weighted by molar-refractivity contribution is 6.35. The van der Waals surface area contributed by atoms with Crippen LogP contribution in [-0.2, 0) is 6.54 Å². The second-order valence-electron chi connectivity index (χ2n) is 4.62. The lowest BCUT2D eigenvalue weighted by molar-refractivity contribution is 1.02. The molecule has 22 heavy (non-hydrogen) atoms. The highest BCUT2D eigenvalue weighted by Crippen LogP contribution is 2.26. The largest absolute Gasteiger partial charge is 0.364 e. The van der Waals surface area contributed by atoms with Crippen LogP contribution in [0.5, 0.6) is 0 Å². The Morgan fingerprint density at radius 1 is 0.909 bits per heavy atom. The molecule has 2 aromatic heterocycles. The third-order valence-corrected chi connectivity index (χ3v) is 3.44. The van der Waals surface area contributed by atoms with E-state index in [9.17, 15) is 0 Å². The molecule has 1 aromatic carbocycles. The summed E-state index contributed by atoms with van der Waals surface area (Å²) in [6.45, 7) is 0.591. The Morgan fingerprint density at radius 2 is 1.73 bits per heavy atom. The van der Waals surface area contributed by atoms with Crippen molar-refractivity contribution in [2.75, 3.05) is 5.32 Å². The molecule has 3 rings (SSSR count). The highest BCUT2D eigenvalue weighted by Gasteiger charge is 2.05. The summed E-state index contributed by atoms with van der Waals surface area (Å²) in [4.78, 5) is 12.7. The molecule has 0 fully saturated rings. The molecular formula is C16H12Cl2N4. The summed E-state index contributed by atoms with van der Waals surface area (Å²) in [5.41, 5.74) is 2.54. The van der Waals surface area contributed by atoms with Crippen LogP contribution in [0, 0.1) is 0 Å². The number of hydrogen-bond acceptors (Lipinski definition) is 4. The number of anilines is 1. The van der Waals surface area contributed by atoms with Crippen molar-refractivity contribution in [1.29, 1.82) is 0 Å². The van der Waals surface area contributed by atoms with Gasteiger partial charge in [0.15, 0.2) is 0 Å². The standard InChI is InChI=1S/C16H12Cl2N4/c17-12-5-11(6-13(18)7-12)15-8-16(22-10-21-15)20-9-14-3-1-2-4-19-14/h1-8,10H,9H2,(H,20,21,22). The van der Waals surface area contributed by atoms with E-state index in [1.54, 1.807) is 12.3 Å². The van der Waals surface area contributed by atoms with E-state index < -0.39 is 0 Å². The zero-order chi connectivity index (χ0) is 15.4. The van der Waals surface area contributed by atoms with Crippen LogP contribution in [0.25, 0.3) is 11.3 Å². The van der Waals surface area contributed by atoms with E-state index in [0.717, 1.165) is 17.0 Å². The van der Waals surface area contributed by atoms with Gasteiger partial charge in [0.2, 0.25) is 0 Å². The highest BCUT2D eigenvalue weighted by atomic mass is 35.5. The van der Waals surface area contributed by atoms with Crippen molar-refractivity contribution < 1.29 is 0 Å². The fourth-order valence-corrected chi connectivity index (χ4v) is 2.52. The van der Waals surface area contributed by atoms with Gasteiger partial charge >= 0.3 is 0 Å². The van der Waals surface area contributed by atoms with Crippen LogP contribution in [0.2, 0.25) is 10.0 Å². The van der Waals surface area contributed by atoms with E-state index in [2.05, 4.69) is 20.3 Å². The summed E-state index contributed by atoms with van der Waals surface area (Å²) in [6.07, 6.45) is 3.27. The van der Waals surface area contributed by atoms with Crippen LogP contribution in [0.4, 0.5) is 5.82 Å². The van der Waals surface area contributed by atoms with Crippen molar-refractivity contribution in [2.45, 2.75) is 6.54 Å². The third-order valence-electron chi connectivity index (χ3n) is 3.00. The van der Waals surface area contributed by atoms with E-state index in [0.29, 0.717) is 22.4 Å². The molecule has 0 bridgehead atoms.